The summed E-state index contributed by atoms with van der Waals surface area (Å²) in [5, 5.41) is 18.3. The SMILES string of the molecule is Cc1ccc(NC(=O)C[N+]2([O-])CCNCC2)c(C)c1. The zero-order valence-corrected chi connectivity index (χ0v) is 11.5. The number of hydroxylamine groups is 3. The van der Waals surface area contributed by atoms with E-state index in [1.807, 2.05) is 32.0 Å². The number of amides is 1. The van der Waals surface area contributed by atoms with E-state index in [0.29, 0.717) is 26.2 Å². The Morgan fingerprint density at radius 2 is 2.05 bits per heavy atom. The molecule has 0 saturated carbocycles. The van der Waals surface area contributed by atoms with Crippen molar-refractivity contribution in [2.45, 2.75) is 13.8 Å². The van der Waals surface area contributed by atoms with Gasteiger partial charge in [-0.05, 0) is 25.5 Å². The lowest BCUT2D eigenvalue weighted by Crippen LogP contribution is -2.57. The summed E-state index contributed by atoms with van der Waals surface area (Å²) in [4.78, 5) is 12.0. The van der Waals surface area contributed by atoms with Crippen molar-refractivity contribution in [1.82, 2.24) is 5.32 Å². The third-order valence-electron chi connectivity index (χ3n) is 3.48. The summed E-state index contributed by atoms with van der Waals surface area (Å²) in [6, 6.07) is 5.85. The summed E-state index contributed by atoms with van der Waals surface area (Å²) < 4.78 is -0.427. The van der Waals surface area contributed by atoms with E-state index in [1.54, 1.807) is 0 Å². The Bertz CT molecular complexity index is 468. The van der Waals surface area contributed by atoms with Gasteiger partial charge in [-0.2, -0.15) is 0 Å². The summed E-state index contributed by atoms with van der Waals surface area (Å²) in [7, 11) is 0. The molecule has 1 aromatic carbocycles. The molecule has 5 heteroatoms. The van der Waals surface area contributed by atoms with E-state index in [9.17, 15) is 10.0 Å². The molecule has 104 valence electrons. The van der Waals surface area contributed by atoms with Crippen LogP contribution in [0.2, 0.25) is 0 Å². The number of carbonyl (C=O) groups excluding carboxylic acids is 1. The minimum atomic E-state index is -0.427. The maximum absolute atomic E-state index is 12.3. The van der Waals surface area contributed by atoms with Gasteiger partial charge in [-0.1, -0.05) is 17.7 Å². The molecule has 0 atom stereocenters. The van der Waals surface area contributed by atoms with Gasteiger partial charge in [0.05, 0.1) is 13.1 Å². The molecular formula is C14H21N3O2. The molecule has 1 fully saturated rings. The van der Waals surface area contributed by atoms with Gasteiger partial charge in [-0.25, -0.2) is 0 Å². The van der Waals surface area contributed by atoms with E-state index in [0.717, 1.165) is 16.8 Å². The van der Waals surface area contributed by atoms with E-state index < -0.39 is 4.65 Å². The molecule has 2 N–H and O–H groups in total. The molecule has 19 heavy (non-hydrogen) atoms. The summed E-state index contributed by atoms with van der Waals surface area (Å²) in [5.41, 5.74) is 2.97. The molecule has 1 aliphatic rings. The smallest absolute Gasteiger partial charge is 0.279 e. The second-order valence-corrected chi connectivity index (χ2v) is 5.28. The molecule has 0 radical (unpaired) electrons. The number of quaternary nitrogens is 1. The minimum absolute atomic E-state index is 0.00496. The van der Waals surface area contributed by atoms with Gasteiger partial charge in [0.2, 0.25) is 0 Å². The summed E-state index contributed by atoms with van der Waals surface area (Å²) >= 11 is 0. The van der Waals surface area contributed by atoms with Crippen molar-refractivity contribution in [3.63, 3.8) is 0 Å². The van der Waals surface area contributed by atoms with Gasteiger partial charge in [0.1, 0.15) is 0 Å². The fourth-order valence-corrected chi connectivity index (χ4v) is 2.37. The van der Waals surface area contributed by atoms with Gasteiger partial charge in [0.15, 0.2) is 6.54 Å². The van der Waals surface area contributed by atoms with Crippen molar-refractivity contribution in [3.8, 4) is 0 Å². The first-order valence-electron chi connectivity index (χ1n) is 6.63. The predicted octanol–water partition coefficient (Wildman–Crippen LogP) is 1.16. The molecule has 1 saturated heterocycles. The van der Waals surface area contributed by atoms with E-state index in [2.05, 4.69) is 10.6 Å². The van der Waals surface area contributed by atoms with Crippen molar-refractivity contribution in [2.24, 2.45) is 0 Å². The number of hydrogen-bond donors (Lipinski definition) is 2. The largest absolute Gasteiger partial charge is 0.632 e. The van der Waals surface area contributed by atoms with Crippen molar-refractivity contribution in [1.29, 1.82) is 0 Å². The minimum Gasteiger partial charge on any atom is -0.632 e. The highest BCUT2D eigenvalue weighted by Gasteiger charge is 2.23. The number of carbonyl (C=O) groups is 1. The quantitative estimate of drug-likeness (QED) is 0.635. The first kappa shape index (κ1) is 14.0. The number of piperazine rings is 1. The number of rotatable bonds is 3. The number of aryl methyl sites for hydroxylation is 2. The van der Waals surface area contributed by atoms with Crippen molar-refractivity contribution >= 4 is 11.6 Å². The van der Waals surface area contributed by atoms with Gasteiger partial charge >= 0.3 is 0 Å². The van der Waals surface area contributed by atoms with Crippen LogP contribution in [0.4, 0.5) is 5.69 Å². The topological polar surface area (TPSA) is 64.2 Å². The van der Waals surface area contributed by atoms with Crippen molar-refractivity contribution < 1.29 is 9.44 Å². The van der Waals surface area contributed by atoms with Crippen LogP contribution >= 0.6 is 0 Å². The number of nitrogens with one attached hydrogen (secondary N) is 2. The second-order valence-electron chi connectivity index (χ2n) is 5.28. The Morgan fingerprint density at radius 1 is 1.37 bits per heavy atom. The fourth-order valence-electron chi connectivity index (χ4n) is 2.37. The Labute approximate surface area is 113 Å². The van der Waals surface area contributed by atoms with Crippen LogP contribution < -0.4 is 10.6 Å². The van der Waals surface area contributed by atoms with Gasteiger partial charge in [-0.15, -0.1) is 0 Å². The zero-order valence-electron chi connectivity index (χ0n) is 11.5. The van der Waals surface area contributed by atoms with E-state index in [4.69, 9.17) is 0 Å². The maximum Gasteiger partial charge on any atom is 0.279 e. The lowest BCUT2D eigenvalue weighted by molar-refractivity contribution is -0.874. The van der Waals surface area contributed by atoms with E-state index in [-0.39, 0.29) is 12.5 Å². The lowest BCUT2D eigenvalue weighted by atomic mass is 10.1. The van der Waals surface area contributed by atoms with Crippen LogP contribution in [-0.2, 0) is 4.79 Å². The van der Waals surface area contributed by atoms with Gasteiger partial charge < -0.3 is 20.5 Å². The molecule has 1 aliphatic heterocycles. The summed E-state index contributed by atoms with van der Waals surface area (Å²) in [6.45, 7) is 6.24. The van der Waals surface area contributed by atoms with Crippen LogP contribution in [0.5, 0.6) is 0 Å². The Morgan fingerprint density at radius 3 is 2.68 bits per heavy atom. The Balaban J connectivity index is 1.97. The zero-order chi connectivity index (χ0) is 13.9. The van der Waals surface area contributed by atoms with E-state index >= 15 is 0 Å². The molecule has 0 bridgehead atoms. The summed E-state index contributed by atoms with van der Waals surface area (Å²) in [5.74, 6) is -0.205. The van der Waals surface area contributed by atoms with E-state index in [1.165, 1.54) is 0 Å². The molecule has 5 nitrogen and oxygen atoms in total. The fraction of sp³-hybridized carbons (Fsp3) is 0.500. The number of hydrogen-bond acceptors (Lipinski definition) is 3. The second kappa shape index (κ2) is 5.69. The average molecular weight is 263 g/mol. The molecule has 0 aromatic heterocycles. The molecule has 0 spiro atoms. The first-order chi connectivity index (χ1) is 8.98. The molecule has 0 unspecified atom stereocenters. The standard InChI is InChI=1S/C14H21N3O2/c1-11-3-4-13(12(2)9-11)16-14(18)10-17(19)7-5-15-6-8-17/h3-4,9,15H,5-8,10H2,1-2H3,(H,16,18). The normalized spacial score (nSPS) is 18.1. The molecule has 0 aliphatic carbocycles. The van der Waals surface area contributed by atoms with Gasteiger partial charge in [-0.3, -0.25) is 4.79 Å². The predicted molar refractivity (Wildman–Crippen MR) is 75.6 cm³/mol. The van der Waals surface area contributed by atoms with Crippen LogP contribution in [0, 0.1) is 19.1 Å². The van der Waals surface area contributed by atoms with Crippen LogP contribution in [0.1, 0.15) is 11.1 Å². The molecular weight excluding hydrogens is 242 g/mol. The van der Waals surface area contributed by atoms with Crippen LogP contribution in [0.15, 0.2) is 18.2 Å². The van der Waals surface area contributed by atoms with Crippen molar-refractivity contribution in [2.75, 3.05) is 38.0 Å². The third-order valence-corrected chi connectivity index (χ3v) is 3.48. The van der Waals surface area contributed by atoms with Gasteiger partial charge in [0, 0.05) is 18.8 Å². The average Bonchev–Trinajstić information content (AvgIpc) is 2.33. The van der Waals surface area contributed by atoms with Crippen LogP contribution in [0.25, 0.3) is 0 Å². The molecule has 1 heterocycles. The highest BCUT2D eigenvalue weighted by Crippen LogP contribution is 2.16. The van der Waals surface area contributed by atoms with Gasteiger partial charge in [0.25, 0.3) is 5.91 Å². The number of benzene rings is 1. The first-order valence-corrected chi connectivity index (χ1v) is 6.63. The third kappa shape index (κ3) is 3.76. The highest BCUT2D eigenvalue weighted by atomic mass is 16.5. The highest BCUT2D eigenvalue weighted by molar-refractivity contribution is 5.92. The molecule has 2 rings (SSSR count). The molecule has 1 aromatic rings. The summed E-state index contributed by atoms with van der Waals surface area (Å²) in [6.07, 6.45) is 0. The van der Waals surface area contributed by atoms with Crippen molar-refractivity contribution in [3.05, 3.63) is 34.5 Å². The Hall–Kier alpha value is -1.43. The van der Waals surface area contributed by atoms with Crippen LogP contribution in [-0.4, -0.2) is 43.3 Å². The lowest BCUT2D eigenvalue weighted by Gasteiger charge is -2.44. The monoisotopic (exact) mass is 263 g/mol. The number of nitrogens with zero attached hydrogens (tertiary/aromatic N) is 1. The molecule has 1 amide bonds. The van der Waals surface area contributed by atoms with Crippen LogP contribution in [0.3, 0.4) is 0 Å². The Kier molecular flexibility index (Phi) is 4.19. The number of anilines is 1. The maximum atomic E-state index is 12.3.